The number of fused-ring (bicyclic) bond motifs is 1. The highest BCUT2D eigenvalue weighted by Crippen LogP contribution is 2.29. The Morgan fingerprint density at radius 2 is 1.88 bits per heavy atom. The molecule has 1 N–H and O–H groups in total. The van der Waals surface area contributed by atoms with Gasteiger partial charge in [0.15, 0.2) is 0 Å². The van der Waals surface area contributed by atoms with E-state index >= 15 is 0 Å². The fourth-order valence-corrected chi connectivity index (χ4v) is 3.10. The van der Waals surface area contributed by atoms with E-state index in [-0.39, 0.29) is 17.9 Å². The molecule has 4 heteroatoms. The van der Waals surface area contributed by atoms with Crippen LogP contribution in [0.1, 0.15) is 53.0 Å². The molecule has 1 atom stereocenters. The maximum Gasteiger partial charge on any atom is 0.258 e. The van der Waals surface area contributed by atoms with E-state index in [1.165, 1.54) is 0 Å². The molecule has 3 rings (SSSR count). The number of amides is 2. The lowest BCUT2D eigenvalue weighted by molar-refractivity contribution is 0.0938. The molecule has 1 aliphatic rings. The maximum atomic E-state index is 12.8. The molecule has 0 aliphatic carbocycles. The highest BCUT2D eigenvalue weighted by Gasteiger charge is 2.24. The van der Waals surface area contributed by atoms with Crippen LogP contribution in [0, 0.1) is 0 Å². The Hall–Kier alpha value is -2.62. The van der Waals surface area contributed by atoms with Gasteiger partial charge in [-0.25, -0.2) is 0 Å². The van der Waals surface area contributed by atoms with Gasteiger partial charge in [0, 0.05) is 29.4 Å². The first kappa shape index (κ1) is 17.2. The number of nitrogens with one attached hydrogen (secondary N) is 1. The monoisotopic (exact) mass is 336 g/mol. The normalized spacial score (nSPS) is 14.6. The summed E-state index contributed by atoms with van der Waals surface area (Å²) in [5.41, 5.74) is 3.33. The molecule has 2 aromatic carbocycles. The second-order valence-electron chi connectivity index (χ2n) is 6.55. The van der Waals surface area contributed by atoms with Crippen LogP contribution < -0.4 is 10.2 Å². The average Bonchev–Trinajstić information content (AvgIpc) is 2.67. The molecule has 0 radical (unpaired) electrons. The third kappa shape index (κ3) is 3.73. The van der Waals surface area contributed by atoms with Crippen LogP contribution >= 0.6 is 0 Å². The molecular formula is C21H24N2O2. The molecule has 2 aromatic rings. The van der Waals surface area contributed by atoms with Crippen LogP contribution in [-0.2, 0) is 6.42 Å². The van der Waals surface area contributed by atoms with Gasteiger partial charge in [-0.1, -0.05) is 25.1 Å². The summed E-state index contributed by atoms with van der Waals surface area (Å²) in [7, 11) is 0. The van der Waals surface area contributed by atoms with E-state index in [0.29, 0.717) is 17.7 Å². The largest absolute Gasteiger partial charge is 0.350 e. The van der Waals surface area contributed by atoms with E-state index in [4.69, 9.17) is 0 Å². The number of hydrogen-bond acceptors (Lipinski definition) is 2. The SMILES string of the molecule is CC[C@@H](C)NC(=O)c1ccc2c(c1)CCCN2C(=O)c1ccccc1. The van der Waals surface area contributed by atoms with Crippen molar-refractivity contribution in [3.63, 3.8) is 0 Å². The molecule has 1 aliphatic heterocycles. The Kier molecular flexibility index (Phi) is 5.17. The fourth-order valence-electron chi connectivity index (χ4n) is 3.10. The van der Waals surface area contributed by atoms with Crippen molar-refractivity contribution in [1.82, 2.24) is 5.32 Å². The van der Waals surface area contributed by atoms with Gasteiger partial charge in [0.2, 0.25) is 0 Å². The lowest BCUT2D eigenvalue weighted by Crippen LogP contribution is -2.36. The molecule has 1 heterocycles. The average molecular weight is 336 g/mol. The Morgan fingerprint density at radius 3 is 2.60 bits per heavy atom. The molecule has 0 saturated carbocycles. The minimum Gasteiger partial charge on any atom is -0.350 e. The second-order valence-corrected chi connectivity index (χ2v) is 6.55. The highest BCUT2D eigenvalue weighted by molar-refractivity contribution is 6.07. The van der Waals surface area contributed by atoms with Gasteiger partial charge in [-0.2, -0.15) is 0 Å². The second kappa shape index (κ2) is 7.51. The van der Waals surface area contributed by atoms with Gasteiger partial charge in [-0.15, -0.1) is 0 Å². The summed E-state index contributed by atoms with van der Waals surface area (Å²) in [5, 5.41) is 2.99. The van der Waals surface area contributed by atoms with E-state index in [0.717, 1.165) is 30.5 Å². The number of hydrogen-bond donors (Lipinski definition) is 1. The number of aryl methyl sites for hydroxylation is 1. The number of rotatable bonds is 4. The van der Waals surface area contributed by atoms with Gasteiger partial charge < -0.3 is 10.2 Å². The molecule has 0 aromatic heterocycles. The lowest BCUT2D eigenvalue weighted by Gasteiger charge is -2.30. The number of nitrogens with zero attached hydrogens (tertiary/aromatic N) is 1. The minimum atomic E-state index is -0.0522. The van der Waals surface area contributed by atoms with Crippen LogP contribution in [0.15, 0.2) is 48.5 Å². The van der Waals surface area contributed by atoms with Crippen molar-refractivity contribution in [2.24, 2.45) is 0 Å². The summed E-state index contributed by atoms with van der Waals surface area (Å²) >= 11 is 0. The van der Waals surface area contributed by atoms with Crippen LogP contribution in [0.25, 0.3) is 0 Å². The zero-order valence-electron chi connectivity index (χ0n) is 14.8. The third-order valence-corrected chi connectivity index (χ3v) is 4.72. The van der Waals surface area contributed by atoms with Crippen LogP contribution in [0.4, 0.5) is 5.69 Å². The number of carbonyl (C=O) groups is 2. The number of anilines is 1. The van der Waals surface area contributed by atoms with Gasteiger partial charge in [-0.3, -0.25) is 9.59 Å². The Morgan fingerprint density at radius 1 is 1.12 bits per heavy atom. The molecule has 25 heavy (non-hydrogen) atoms. The summed E-state index contributed by atoms with van der Waals surface area (Å²) in [4.78, 5) is 27.0. The summed E-state index contributed by atoms with van der Waals surface area (Å²) in [6.07, 6.45) is 2.69. The Balaban J connectivity index is 1.85. The smallest absolute Gasteiger partial charge is 0.258 e. The number of carbonyl (C=O) groups excluding carboxylic acids is 2. The summed E-state index contributed by atoms with van der Waals surface area (Å²) in [6.45, 7) is 4.75. The van der Waals surface area contributed by atoms with Crippen molar-refractivity contribution in [2.45, 2.75) is 39.2 Å². The van der Waals surface area contributed by atoms with Gasteiger partial charge in [0.25, 0.3) is 11.8 Å². The van der Waals surface area contributed by atoms with Crippen molar-refractivity contribution < 1.29 is 9.59 Å². The van der Waals surface area contributed by atoms with E-state index in [1.54, 1.807) is 0 Å². The Labute approximate surface area is 148 Å². The van der Waals surface area contributed by atoms with Crippen molar-refractivity contribution in [3.05, 3.63) is 65.2 Å². The predicted molar refractivity (Wildman–Crippen MR) is 100 cm³/mol. The molecule has 4 nitrogen and oxygen atoms in total. The summed E-state index contributed by atoms with van der Waals surface area (Å²) in [5.74, 6) is -0.0398. The molecule has 0 spiro atoms. The zero-order valence-corrected chi connectivity index (χ0v) is 14.8. The fraction of sp³-hybridized carbons (Fsp3) is 0.333. The van der Waals surface area contributed by atoms with Gasteiger partial charge >= 0.3 is 0 Å². The van der Waals surface area contributed by atoms with Gasteiger partial charge in [0.1, 0.15) is 0 Å². The first-order chi connectivity index (χ1) is 12.1. The molecule has 2 amide bonds. The van der Waals surface area contributed by atoms with Crippen molar-refractivity contribution in [3.8, 4) is 0 Å². The maximum absolute atomic E-state index is 12.8. The van der Waals surface area contributed by atoms with Crippen molar-refractivity contribution in [2.75, 3.05) is 11.4 Å². The van der Waals surface area contributed by atoms with Crippen molar-refractivity contribution >= 4 is 17.5 Å². The first-order valence-electron chi connectivity index (χ1n) is 8.91. The minimum absolute atomic E-state index is 0.0124. The molecule has 0 saturated heterocycles. The predicted octanol–water partition coefficient (Wildman–Crippen LogP) is 3.81. The zero-order chi connectivity index (χ0) is 17.8. The summed E-state index contributed by atoms with van der Waals surface area (Å²) in [6, 6.07) is 15.1. The van der Waals surface area contributed by atoms with E-state index in [1.807, 2.05) is 67.3 Å². The number of benzene rings is 2. The standard InChI is InChI=1S/C21H24N2O2/c1-3-15(2)22-20(24)18-11-12-19-17(14-18)10-7-13-23(19)21(25)16-8-5-4-6-9-16/h4-6,8-9,11-12,14-15H,3,7,10,13H2,1-2H3,(H,22,24)/t15-/m1/s1. The van der Waals surface area contributed by atoms with E-state index < -0.39 is 0 Å². The van der Waals surface area contributed by atoms with Gasteiger partial charge in [-0.05, 0) is 62.1 Å². The molecule has 0 fully saturated rings. The topological polar surface area (TPSA) is 49.4 Å². The highest BCUT2D eigenvalue weighted by atomic mass is 16.2. The van der Waals surface area contributed by atoms with Crippen LogP contribution in [0.2, 0.25) is 0 Å². The van der Waals surface area contributed by atoms with Crippen LogP contribution in [0.5, 0.6) is 0 Å². The molecule has 0 unspecified atom stereocenters. The third-order valence-electron chi connectivity index (χ3n) is 4.72. The quantitative estimate of drug-likeness (QED) is 0.923. The summed E-state index contributed by atoms with van der Waals surface area (Å²) < 4.78 is 0. The Bertz CT molecular complexity index is 771. The first-order valence-corrected chi connectivity index (χ1v) is 8.91. The van der Waals surface area contributed by atoms with Crippen molar-refractivity contribution in [1.29, 1.82) is 0 Å². The van der Waals surface area contributed by atoms with Gasteiger partial charge in [0.05, 0.1) is 0 Å². The lowest BCUT2D eigenvalue weighted by atomic mass is 9.98. The van der Waals surface area contributed by atoms with Crippen LogP contribution in [-0.4, -0.2) is 24.4 Å². The van der Waals surface area contributed by atoms with E-state index in [2.05, 4.69) is 5.32 Å². The van der Waals surface area contributed by atoms with Crippen LogP contribution in [0.3, 0.4) is 0 Å². The molecule has 130 valence electrons. The molecular weight excluding hydrogens is 312 g/mol. The van der Waals surface area contributed by atoms with E-state index in [9.17, 15) is 9.59 Å². The molecule has 0 bridgehead atoms.